The quantitative estimate of drug-likeness (QED) is 0.724. The van der Waals surface area contributed by atoms with E-state index in [2.05, 4.69) is 28.5 Å². The van der Waals surface area contributed by atoms with Crippen molar-refractivity contribution in [3.8, 4) is 11.9 Å². The Bertz CT molecular complexity index is 440. The van der Waals surface area contributed by atoms with E-state index in [0.717, 1.165) is 43.6 Å². The van der Waals surface area contributed by atoms with Crippen LogP contribution in [0.25, 0.3) is 0 Å². The molecule has 0 amide bonds. The van der Waals surface area contributed by atoms with Crippen LogP contribution in [0.5, 0.6) is 5.88 Å². The highest BCUT2D eigenvalue weighted by molar-refractivity contribution is 5.46. The van der Waals surface area contributed by atoms with Crippen LogP contribution in [0.3, 0.4) is 0 Å². The fourth-order valence-corrected chi connectivity index (χ4v) is 1.89. The molecule has 104 valence electrons. The molecule has 1 heterocycles. The maximum absolute atomic E-state index is 9.28. The Hall–Kier alpha value is -1.67. The maximum atomic E-state index is 9.28. The summed E-state index contributed by atoms with van der Waals surface area (Å²) in [6, 6.07) is 2.19. The normalized spacial score (nSPS) is 10.2. The van der Waals surface area contributed by atoms with Gasteiger partial charge >= 0.3 is 0 Å². The van der Waals surface area contributed by atoms with Gasteiger partial charge in [-0.2, -0.15) is 10.4 Å². The van der Waals surface area contributed by atoms with Gasteiger partial charge in [-0.1, -0.05) is 20.8 Å². The molecule has 0 bridgehead atoms. The molecule has 0 radical (unpaired) electrons. The second kappa shape index (κ2) is 8.44. The minimum absolute atomic E-state index is 0.356. The van der Waals surface area contributed by atoms with Crippen molar-refractivity contribution in [1.29, 1.82) is 5.26 Å². The zero-order valence-corrected chi connectivity index (χ0v) is 12.0. The van der Waals surface area contributed by atoms with Crippen molar-refractivity contribution in [2.24, 2.45) is 0 Å². The minimum Gasteiger partial charge on any atom is -0.474 e. The van der Waals surface area contributed by atoms with Crippen LogP contribution in [0.2, 0.25) is 0 Å². The van der Waals surface area contributed by atoms with E-state index in [0.29, 0.717) is 18.1 Å². The number of nitrogens with one attached hydrogen (secondary N) is 1. The van der Waals surface area contributed by atoms with Crippen LogP contribution in [-0.2, 0) is 12.8 Å². The summed E-state index contributed by atoms with van der Waals surface area (Å²) in [5.74, 6) is 0.356. The molecule has 0 aliphatic heterocycles. The van der Waals surface area contributed by atoms with Crippen LogP contribution in [0.4, 0.5) is 0 Å². The summed E-state index contributed by atoms with van der Waals surface area (Å²) in [6.07, 6.45) is 2.64. The summed E-state index contributed by atoms with van der Waals surface area (Å²) >= 11 is 0. The average Bonchev–Trinajstić information content (AvgIpc) is 2.45. The highest BCUT2D eigenvalue weighted by Crippen LogP contribution is 2.21. The first-order valence-corrected chi connectivity index (χ1v) is 6.90. The third kappa shape index (κ3) is 4.18. The predicted octanol–water partition coefficient (Wildman–Crippen LogP) is 1.85. The lowest BCUT2D eigenvalue weighted by molar-refractivity contribution is 0.297. The number of rotatable bonds is 8. The molecule has 0 fully saturated rings. The first-order chi connectivity index (χ1) is 9.28. The molecule has 0 saturated carbocycles. The molecule has 5 nitrogen and oxygen atoms in total. The number of hydrogen-bond donors (Lipinski definition) is 1. The van der Waals surface area contributed by atoms with Crippen molar-refractivity contribution in [1.82, 2.24) is 15.5 Å². The predicted molar refractivity (Wildman–Crippen MR) is 74.2 cm³/mol. The summed E-state index contributed by atoms with van der Waals surface area (Å²) in [4.78, 5) is 0. The van der Waals surface area contributed by atoms with E-state index >= 15 is 0 Å². The van der Waals surface area contributed by atoms with Gasteiger partial charge in [-0.3, -0.25) is 0 Å². The number of ether oxygens (including phenoxy) is 1. The monoisotopic (exact) mass is 262 g/mol. The van der Waals surface area contributed by atoms with Gasteiger partial charge in [0.1, 0.15) is 18.2 Å². The number of nitriles is 1. The zero-order valence-electron chi connectivity index (χ0n) is 12.0. The van der Waals surface area contributed by atoms with Crippen molar-refractivity contribution in [3.05, 3.63) is 16.8 Å². The summed E-state index contributed by atoms with van der Waals surface area (Å²) in [5.41, 5.74) is 2.37. The van der Waals surface area contributed by atoms with Gasteiger partial charge in [-0.15, -0.1) is 5.10 Å². The molecule has 0 unspecified atom stereocenters. The van der Waals surface area contributed by atoms with E-state index in [1.54, 1.807) is 0 Å². The Morgan fingerprint density at radius 2 is 1.95 bits per heavy atom. The van der Waals surface area contributed by atoms with Gasteiger partial charge in [0.15, 0.2) is 0 Å². The Morgan fingerprint density at radius 1 is 1.16 bits per heavy atom. The van der Waals surface area contributed by atoms with Crippen molar-refractivity contribution in [3.63, 3.8) is 0 Å². The molecule has 1 aromatic rings. The average molecular weight is 262 g/mol. The van der Waals surface area contributed by atoms with Crippen molar-refractivity contribution >= 4 is 0 Å². The van der Waals surface area contributed by atoms with Crippen molar-refractivity contribution in [2.45, 2.75) is 40.0 Å². The SMILES string of the molecule is CCCNCCOc1nnc(CC)c(CC)c1C#N. The van der Waals surface area contributed by atoms with Gasteiger partial charge in [0.25, 0.3) is 5.88 Å². The highest BCUT2D eigenvalue weighted by atomic mass is 16.5. The molecule has 0 saturated heterocycles. The van der Waals surface area contributed by atoms with Gasteiger partial charge in [-0.25, -0.2) is 0 Å². The molecule has 1 rings (SSSR count). The summed E-state index contributed by atoms with van der Waals surface area (Å²) < 4.78 is 5.56. The summed E-state index contributed by atoms with van der Waals surface area (Å²) in [6.45, 7) is 8.36. The molecule has 0 aromatic carbocycles. The van der Waals surface area contributed by atoms with Gasteiger partial charge in [0, 0.05) is 6.54 Å². The van der Waals surface area contributed by atoms with Gasteiger partial charge in [0.05, 0.1) is 5.69 Å². The van der Waals surface area contributed by atoms with E-state index in [1.807, 2.05) is 13.8 Å². The fraction of sp³-hybridized carbons (Fsp3) is 0.643. The second-order valence-electron chi connectivity index (χ2n) is 4.22. The lowest BCUT2D eigenvalue weighted by Gasteiger charge is -2.11. The Balaban J connectivity index is 2.76. The van der Waals surface area contributed by atoms with Crippen LogP contribution in [0.1, 0.15) is 44.0 Å². The zero-order chi connectivity index (χ0) is 14.1. The van der Waals surface area contributed by atoms with E-state index in [-0.39, 0.29) is 0 Å². The molecular weight excluding hydrogens is 240 g/mol. The van der Waals surface area contributed by atoms with Crippen LogP contribution >= 0.6 is 0 Å². The Labute approximate surface area is 115 Å². The first kappa shape index (κ1) is 15.4. The minimum atomic E-state index is 0.356. The molecule has 0 spiro atoms. The lowest BCUT2D eigenvalue weighted by atomic mass is 10.0. The molecular formula is C14H22N4O. The summed E-state index contributed by atoms with van der Waals surface area (Å²) in [7, 11) is 0. The fourth-order valence-electron chi connectivity index (χ4n) is 1.89. The van der Waals surface area contributed by atoms with Gasteiger partial charge in [-0.05, 0) is 31.4 Å². The number of aromatic nitrogens is 2. The van der Waals surface area contributed by atoms with Crippen molar-refractivity contribution in [2.75, 3.05) is 19.7 Å². The smallest absolute Gasteiger partial charge is 0.251 e. The van der Waals surface area contributed by atoms with Gasteiger partial charge < -0.3 is 10.1 Å². The number of aryl methyl sites for hydroxylation is 1. The van der Waals surface area contributed by atoms with Crippen molar-refractivity contribution < 1.29 is 4.74 Å². The molecule has 1 aromatic heterocycles. The largest absolute Gasteiger partial charge is 0.474 e. The molecule has 1 N–H and O–H groups in total. The number of hydrogen-bond acceptors (Lipinski definition) is 5. The molecule has 5 heteroatoms. The van der Waals surface area contributed by atoms with Gasteiger partial charge in [0.2, 0.25) is 0 Å². The maximum Gasteiger partial charge on any atom is 0.251 e. The van der Waals surface area contributed by atoms with E-state index < -0.39 is 0 Å². The second-order valence-corrected chi connectivity index (χ2v) is 4.22. The summed E-state index contributed by atoms with van der Waals surface area (Å²) in [5, 5.41) is 20.7. The number of nitrogens with zero attached hydrogens (tertiary/aromatic N) is 3. The Kier molecular flexibility index (Phi) is 6.83. The topological polar surface area (TPSA) is 70.8 Å². The van der Waals surface area contributed by atoms with E-state index in [4.69, 9.17) is 4.74 Å². The highest BCUT2D eigenvalue weighted by Gasteiger charge is 2.15. The lowest BCUT2D eigenvalue weighted by Crippen LogP contribution is -2.22. The van der Waals surface area contributed by atoms with E-state index in [1.165, 1.54) is 0 Å². The Morgan fingerprint density at radius 3 is 2.53 bits per heavy atom. The third-order valence-electron chi connectivity index (χ3n) is 2.87. The molecule has 0 atom stereocenters. The third-order valence-corrected chi connectivity index (χ3v) is 2.87. The van der Waals surface area contributed by atoms with Crippen LogP contribution in [0.15, 0.2) is 0 Å². The molecule has 0 aliphatic carbocycles. The molecule has 19 heavy (non-hydrogen) atoms. The molecule has 0 aliphatic rings. The van der Waals surface area contributed by atoms with Crippen LogP contribution in [0, 0.1) is 11.3 Å². The standard InChI is InChI=1S/C14H22N4O/c1-4-7-16-8-9-19-14-12(10-15)11(5-2)13(6-3)17-18-14/h16H,4-9H2,1-3H3. The van der Waals surface area contributed by atoms with Crippen LogP contribution in [-0.4, -0.2) is 29.9 Å². The van der Waals surface area contributed by atoms with Crippen LogP contribution < -0.4 is 10.1 Å². The first-order valence-electron chi connectivity index (χ1n) is 6.90. The van der Waals surface area contributed by atoms with E-state index in [9.17, 15) is 5.26 Å².